The number of carbonyl (C=O) groups is 1. The molecule has 2 rings (SSSR count). The first-order valence-corrected chi connectivity index (χ1v) is 8.01. The number of ketones is 1. The minimum Gasteiger partial charge on any atom is -0.493 e. The van der Waals surface area contributed by atoms with E-state index in [0.29, 0.717) is 11.3 Å². The van der Waals surface area contributed by atoms with Crippen LogP contribution < -0.4 is 16.2 Å². The van der Waals surface area contributed by atoms with Crippen LogP contribution in [0.4, 0.5) is 4.39 Å². The summed E-state index contributed by atoms with van der Waals surface area (Å²) in [5.41, 5.74) is 10.4. The molecule has 1 aromatic rings. The number of ether oxygens (including phenoxy) is 1. The van der Waals surface area contributed by atoms with E-state index in [1.807, 2.05) is 0 Å². The molecule has 0 fully saturated rings. The minimum atomic E-state index is -4.28. The van der Waals surface area contributed by atoms with Crippen molar-refractivity contribution in [1.82, 2.24) is 0 Å². The number of rotatable bonds is 5. The van der Waals surface area contributed by atoms with Crippen LogP contribution in [0.15, 0.2) is 28.9 Å². The van der Waals surface area contributed by atoms with Crippen LogP contribution in [-0.4, -0.2) is 32.5 Å². The third kappa shape index (κ3) is 4.68. The Hall–Kier alpha value is -2.62. The summed E-state index contributed by atoms with van der Waals surface area (Å²) in [6.45, 7) is 0.158. The van der Waals surface area contributed by atoms with Gasteiger partial charge in [0.15, 0.2) is 11.5 Å². The number of guanidine groups is 1. The van der Waals surface area contributed by atoms with Gasteiger partial charge in [-0.2, -0.15) is 8.42 Å². The summed E-state index contributed by atoms with van der Waals surface area (Å²) in [6, 6.07) is 3.86. The summed E-state index contributed by atoms with van der Waals surface area (Å²) in [5.74, 6) is -2.33. The van der Waals surface area contributed by atoms with Gasteiger partial charge in [0.1, 0.15) is 11.6 Å². The lowest BCUT2D eigenvalue weighted by Crippen LogP contribution is -2.25. The van der Waals surface area contributed by atoms with Gasteiger partial charge in [0.2, 0.25) is 5.96 Å². The molecule has 0 aromatic heterocycles. The van der Waals surface area contributed by atoms with Gasteiger partial charge < -0.3 is 16.2 Å². The van der Waals surface area contributed by atoms with E-state index in [-0.39, 0.29) is 18.6 Å². The number of fused-ring (bicyclic) bond motifs is 1. The van der Waals surface area contributed by atoms with Crippen molar-refractivity contribution in [3.63, 3.8) is 0 Å². The average Bonchev–Trinajstić information content (AvgIpc) is 2.66. The van der Waals surface area contributed by atoms with Crippen molar-refractivity contribution >= 4 is 27.9 Å². The zero-order valence-corrected chi connectivity index (χ0v) is 12.7. The van der Waals surface area contributed by atoms with E-state index >= 15 is 0 Å². The second-order valence-corrected chi connectivity index (χ2v) is 6.22. The summed E-state index contributed by atoms with van der Waals surface area (Å²) in [6.07, 6.45) is 1.57. The molecule has 8 nitrogen and oxygen atoms in total. The zero-order valence-electron chi connectivity index (χ0n) is 11.9. The van der Waals surface area contributed by atoms with E-state index in [9.17, 15) is 17.6 Å². The summed E-state index contributed by atoms with van der Waals surface area (Å²) in [5, 5.41) is 2.90. The highest BCUT2D eigenvalue weighted by Crippen LogP contribution is 2.27. The van der Waals surface area contributed by atoms with Crippen molar-refractivity contribution < 1.29 is 26.6 Å². The number of hydrogen-bond donors (Lipinski definition) is 2. The molecule has 0 spiro atoms. The van der Waals surface area contributed by atoms with Crippen molar-refractivity contribution in [2.45, 2.75) is 6.42 Å². The maximum Gasteiger partial charge on any atom is 0.336 e. The first-order chi connectivity index (χ1) is 10.8. The topological polar surface area (TPSA) is 134 Å². The number of halogens is 1. The van der Waals surface area contributed by atoms with Gasteiger partial charge in [0.25, 0.3) is 0 Å². The summed E-state index contributed by atoms with van der Waals surface area (Å²) in [7, 11) is -4.28. The van der Waals surface area contributed by atoms with Crippen LogP contribution in [0.1, 0.15) is 12.0 Å². The molecule has 4 N–H and O–H groups in total. The van der Waals surface area contributed by atoms with E-state index in [0.717, 1.165) is 0 Å². The monoisotopic (exact) mass is 343 g/mol. The highest BCUT2D eigenvalue weighted by Gasteiger charge is 2.23. The van der Waals surface area contributed by atoms with Crippen LogP contribution in [0.25, 0.3) is 6.08 Å². The molecule has 0 radical (unpaired) electrons. The predicted molar refractivity (Wildman–Crippen MR) is 80.2 cm³/mol. The Morgan fingerprint density at radius 1 is 1.39 bits per heavy atom. The Kier molecular flexibility index (Phi) is 4.84. The van der Waals surface area contributed by atoms with Crippen LogP contribution in [0.5, 0.6) is 5.75 Å². The fourth-order valence-corrected chi connectivity index (χ4v) is 2.65. The van der Waals surface area contributed by atoms with Gasteiger partial charge in [0.05, 0.1) is 6.61 Å². The number of Topliss-reactive ketones (excluding diaryl/α,β-unsaturated/α-hetero) is 1. The molecule has 0 saturated heterocycles. The molecule has 0 saturated carbocycles. The Balaban J connectivity index is 2.20. The molecule has 124 valence electrons. The van der Waals surface area contributed by atoms with E-state index in [1.54, 1.807) is 0 Å². The molecular weight excluding hydrogens is 329 g/mol. The smallest absolute Gasteiger partial charge is 0.336 e. The quantitative estimate of drug-likeness (QED) is 0.440. The normalized spacial score (nSPS) is 13.9. The van der Waals surface area contributed by atoms with Crippen molar-refractivity contribution in [2.75, 3.05) is 12.4 Å². The van der Waals surface area contributed by atoms with Gasteiger partial charge in [-0.15, -0.1) is 0 Å². The minimum absolute atomic E-state index is 0.158. The lowest BCUT2D eigenvalue weighted by atomic mass is 10.1. The zero-order chi connectivity index (χ0) is 17.0. The largest absolute Gasteiger partial charge is 0.493 e. The molecule has 1 aliphatic heterocycles. The summed E-state index contributed by atoms with van der Waals surface area (Å²) in [4.78, 5) is 12.1. The molecular formula is C13H14FN3O5S. The number of benzene rings is 1. The highest BCUT2D eigenvalue weighted by molar-refractivity contribution is 7.87. The highest BCUT2D eigenvalue weighted by atomic mass is 32.2. The van der Waals surface area contributed by atoms with Gasteiger partial charge in [0, 0.05) is 17.6 Å². The molecule has 1 heterocycles. The first kappa shape index (κ1) is 16.7. The van der Waals surface area contributed by atoms with Crippen molar-refractivity contribution in [3.05, 3.63) is 35.2 Å². The Labute approximate surface area is 131 Å². The van der Waals surface area contributed by atoms with Gasteiger partial charge >= 0.3 is 10.1 Å². The maximum atomic E-state index is 13.3. The molecule has 0 amide bonds. The number of oxime groups is 1. The second kappa shape index (κ2) is 6.65. The van der Waals surface area contributed by atoms with Crippen LogP contribution >= 0.6 is 0 Å². The molecule has 0 atom stereocenters. The lowest BCUT2D eigenvalue weighted by Gasteiger charge is -2.05. The average molecular weight is 343 g/mol. The number of nitrogens with two attached hydrogens (primary N) is 2. The van der Waals surface area contributed by atoms with Gasteiger partial charge in [-0.1, -0.05) is 0 Å². The number of hydrogen-bond acceptors (Lipinski definition) is 6. The standard InChI is InChI=1S/C13H14FN3O5S/c14-10-1-2-12-9(6-10)5-8(3-4-21-12)11(18)7-23(19,20)22-17-13(15)16/h1-2,5-6H,3-4,7H2,(H4,15,16,17). The Morgan fingerprint density at radius 3 is 2.83 bits per heavy atom. The van der Waals surface area contributed by atoms with Gasteiger partial charge in [-0.3, -0.25) is 9.08 Å². The molecule has 0 unspecified atom stereocenters. The Morgan fingerprint density at radius 2 is 2.13 bits per heavy atom. The molecule has 10 heteroatoms. The number of carbonyl (C=O) groups excluding carboxylic acids is 1. The summed E-state index contributed by atoms with van der Waals surface area (Å²) < 4.78 is 46.0. The van der Waals surface area contributed by atoms with Crippen LogP contribution in [0.2, 0.25) is 0 Å². The van der Waals surface area contributed by atoms with E-state index < -0.39 is 33.4 Å². The van der Waals surface area contributed by atoms with Crippen LogP contribution in [-0.2, 0) is 19.2 Å². The fraction of sp³-hybridized carbons (Fsp3) is 0.231. The maximum absolute atomic E-state index is 13.3. The molecule has 0 bridgehead atoms. The molecule has 23 heavy (non-hydrogen) atoms. The van der Waals surface area contributed by atoms with Gasteiger partial charge in [-0.05, 0) is 29.4 Å². The van der Waals surface area contributed by atoms with Crippen molar-refractivity contribution in [3.8, 4) is 5.75 Å². The van der Waals surface area contributed by atoms with Gasteiger partial charge in [-0.25, -0.2) is 4.39 Å². The predicted octanol–water partition coefficient (Wildman–Crippen LogP) is 0.0955. The van der Waals surface area contributed by atoms with E-state index in [1.165, 1.54) is 24.3 Å². The molecule has 1 aromatic carbocycles. The lowest BCUT2D eigenvalue weighted by molar-refractivity contribution is -0.113. The third-order valence-corrected chi connectivity index (χ3v) is 3.77. The van der Waals surface area contributed by atoms with Crippen LogP contribution in [0.3, 0.4) is 0 Å². The fourth-order valence-electron chi connectivity index (χ4n) is 1.89. The SMILES string of the molecule is NC(N)=NOS(=O)(=O)CC(=O)C1=Cc2cc(F)ccc2OCC1. The molecule has 0 aliphatic carbocycles. The van der Waals surface area contributed by atoms with Crippen LogP contribution in [0, 0.1) is 5.82 Å². The number of nitrogens with zero attached hydrogens (tertiary/aromatic N) is 1. The first-order valence-electron chi connectivity index (χ1n) is 6.43. The van der Waals surface area contributed by atoms with Crippen molar-refractivity contribution in [1.29, 1.82) is 0 Å². The Bertz CT molecular complexity index is 785. The molecule has 1 aliphatic rings. The third-order valence-electron chi connectivity index (χ3n) is 2.85. The summed E-state index contributed by atoms with van der Waals surface area (Å²) >= 11 is 0. The van der Waals surface area contributed by atoms with E-state index in [2.05, 4.69) is 9.44 Å². The van der Waals surface area contributed by atoms with E-state index in [4.69, 9.17) is 16.2 Å². The van der Waals surface area contributed by atoms with Crippen molar-refractivity contribution in [2.24, 2.45) is 16.6 Å². The second-order valence-electron chi connectivity index (χ2n) is 4.67.